The molecule has 1 atom stereocenters. The van der Waals surface area contributed by atoms with Crippen molar-refractivity contribution in [2.24, 2.45) is 5.73 Å². The summed E-state index contributed by atoms with van der Waals surface area (Å²) in [6.45, 7) is 3.47. The van der Waals surface area contributed by atoms with E-state index in [0.29, 0.717) is 6.42 Å². The maximum atomic E-state index is 10.3. The van der Waals surface area contributed by atoms with E-state index in [1.165, 1.54) is 0 Å². The Morgan fingerprint density at radius 1 is 1.83 bits per heavy atom. The predicted octanol–water partition coefficient (Wildman–Crippen LogP) is 0.383. The lowest BCUT2D eigenvalue weighted by Crippen LogP contribution is -2.46. The molecule has 68 valence electrons. The highest BCUT2D eigenvalue weighted by atomic mass is 16.4. The van der Waals surface area contributed by atoms with E-state index in [2.05, 4.69) is 11.2 Å². The van der Waals surface area contributed by atoms with Crippen LogP contribution in [0.25, 0.3) is 0 Å². The third-order valence-corrected chi connectivity index (χ3v) is 1.39. The SMILES string of the molecule is C#CC(N)CC(C)(C)NC(=O)O. The van der Waals surface area contributed by atoms with E-state index in [1.807, 2.05) is 0 Å². The lowest BCUT2D eigenvalue weighted by molar-refractivity contribution is 0.180. The van der Waals surface area contributed by atoms with E-state index in [0.717, 1.165) is 0 Å². The monoisotopic (exact) mass is 170 g/mol. The highest BCUT2D eigenvalue weighted by molar-refractivity contribution is 5.65. The average Bonchev–Trinajstić information content (AvgIpc) is 1.83. The fourth-order valence-corrected chi connectivity index (χ4v) is 0.949. The molecule has 0 fully saturated rings. The Morgan fingerprint density at radius 2 is 2.33 bits per heavy atom. The van der Waals surface area contributed by atoms with E-state index in [4.69, 9.17) is 17.3 Å². The summed E-state index contributed by atoms with van der Waals surface area (Å²) in [6.07, 6.45) is 4.42. The van der Waals surface area contributed by atoms with Gasteiger partial charge in [-0.1, -0.05) is 5.92 Å². The second-order valence-corrected chi connectivity index (χ2v) is 3.29. The minimum absolute atomic E-state index is 0.410. The van der Waals surface area contributed by atoms with Crippen LogP contribution >= 0.6 is 0 Å². The van der Waals surface area contributed by atoms with Crippen LogP contribution in [0.2, 0.25) is 0 Å². The fourth-order valence-electron chi connectivity index (χ4n) is 0.949. The first-order valence-electron chi connectivity index (χ1n) is 3.60. The smallest absolute Gasteiger partial charge is 0.405 e. The predicted molar refractivity (Wildman–Crippen MR) is 46.7 cm³/mol. The number of rotatable bonds is 3. The summed E-state index contributed by atoms with van der Waals surface area (Å²) in [5, 5.41) is 10.8. The third kappa shape index (κ3) is 4.58. The van der Waals surface area contributed by atoms with Crippen molar-refractivity contribution < 1.29 is 9.90 Å². The molecule has 4 heteroatoms. The Bertz CT molecular complexity index is 206. The molecule has 4 N–H and O–H groups in total. The van der Waals surface area contributed by atoms with Gasteiger partial charge in [0.2, 0.25) is 0 Å². The van der Waals surface area contributed by atoms with Crippen LogP contribution in [-0.4, -0.2) is 22.8 Å². The van der Waals surface area contributed by atoms with Crippen molar-refractivity contribution in [1.82, 2.24) is 5.32 Å². The van der Waals surface area contributed by atoms with Crippen LogP contribution in [0.1, 0.15) is 20.3 Å². The number of amides is 1. The first-order valence-corrected chi connectivity index (χ1v) is 3.60. The normalized spacial score (nSPS) is 13.2. The van der Waals surface area contributed by atoms with E-state index < -0.39 is 17.7 Å². The van der Waals surface area contributed by atoms with Gasteiger partial charge in [-0.25, -0.2) is 4.79 Å². The number of hydrogen-bond acceptors (Lipinski definition) is 2. The number of terminal acetylenes is 1. The summed E-state index contributed by atoms with van der Waals surface area (Å²) in [4.78, 5) is 10.3. The summed E-state index contributed by atoms with van der Waals surface area (Å²) in [5.41, 5.74) is 4.89. The molecule has 12 heavy (non-hydrogen) atoms. The van der Waals surface area contributed by atoms with Crippen LogP contribution in [0, 0.1) is 12.3 Å². The third-order valence-electron chi connectivity index (χ3n) is 1.39. The molecule has 0 saturated heterocycles. The Hall–Kier alpha value is -1.21. The minimum Gasteiger partial charge on any atom is -0.465 e. The average molecular weight is 170 g/mol. The molecular formula is C8H14N2O2. The molecule has 0 saturated carbocycles. The molecule has 0 aromatic heterocycles. The molecular weight excluding hydrogens is 156 g/mol. The highest BCUT2D eigenvalue weighted by Gasteiger charge is 2.22. The number of hydrogen-bond donors (Lipinski definition) is 3. The quantitative estimate of drug-likeness (QED) is 0.536. The van der Waals surface area contributed by atoms with Gasteiger partial charge in [0.25, 0.3) is 0 Å². The Morgan fingerprint density at radius 3 is 2.67 bits per heavy atom. The molecule has 0 aliphatic rings. The van der Waals surface area contributed by atoms with E-state index in [9.17, 15) is 4.79 Å². The van der Waals surface area contributed by atoms with Gasteiger partial charge in [0.05, 0.1) is 6.04 Å². The molecule has 0 spiro atoms. The number of nitrogens with two attached hydrogens (primary N) is 1. The molecule has 1 unspecified atom stereocenters. The van der Waals surface area contributed by atoms with Crippen molar-refractivity contribution in [2.45, 2.75) is 31.8 Å². The van der Waals surface area contributed by atoms with Gasteiger partial charge in [0.15, 0.2) is 0 Å². The maximum absolute atomic E-state index is 10.3. The summed E-state index contributed by atoms with van der Waals surface area (Å²) >= 11 is 0. The van der Waals surface area contributed by atoms with Gasteiger partial charge in [0.1, 0.15) is 0 Å². The van der Waals surface area contributed by atoms with Crippen LogP contribution in [0.15, 0.2) is 0 Å². The zero-order valence-electron chi connectivity index (χ0n) is 7.29. The first-order chi connectivity index (χ1) is 5.37. The molecule has 0 aliphatic heterocycles. The fraction of sp³-hybridized carbons (Fsp3) is 0.625. The van der Waals surface area contributed by atoms with Crippen molar-refractivity contribution in [3.8, 4) is 12.3 Å². The van der Waals surface area contributed by atoms with Crippen molar-refractivity contribution in [2.75, 3.05) is 0 Å². The standard InChI is InChI=1S/C8H14N2O2/c1-4-6(9)5-8(2,3)10-7(11)12/h1,6,10H,5,9H2,2-3H3,(H,11,12). The van der Waals surface area contributed by atoms with Crippen molar-refractivity contribution in [3.05, 3.63) is 0 Å². The Kier molecular flexibility index (Phi) is 3.58. The van der Waals surface area contributed by atoms with Gasteiger partial charge in [-0.2, -0.15) is 0 Å². The van der Waals surface area contributed by atoms with Crippen LogP contribution in [0.3, 0.4) is 0 Å². The van der Waals surface area contributed by atoms with Crippen molar-refractivity contribution in [3.63, 3.8) is 0 Å². The Balaban J connectivity index is 4.05. The highest BCUT2D eigenvalue weighted by Crippen LogP contribution is 2.09. The summed E-state index contributed by atoms with van der Waals surface area (Å²) in [5.74, 6) is 2.34. The number of carbonyl (C=O) groups is 1. The molecule has 1 amide bonds. The van der Waals surface area contributed by atoms with Crippen molar-refractivity contribution in [1.29, 1.82) is 0 Å². The van der Waals surface area contributed by atoms with Crippen LogP contribution in [0.5, 0.6) is 0 Å². The summed E-state index contributed by atoms with van der Waals surface area (Å²) in [7, 11) is 0. The molecule has 0 aliphatic carbocycles. The van der Waals surface area contributed by atoms with E-state index in [-0.39, 0.29) is 0 Å². The van der Waals surface area contributed by atoms with Gasteiger partial charge >= 0.3 is 6.09 Å². The lowest BCUT2D eigenvalue weighted by atomic mass is 9.96. The van der Waals surface area contributed by atoms with E-state index >= 15 is 0 Å². The molecule has 0 radical (unpaired) electrons. The molecule has 4 nitrogen and oxygen atoms in total. The van der Waals surface area contributed by atoms with Crippen LogP contribution in [0.4, 0.5) is 4.79 Å². The number of nitrogens with one attached hydrogen (secondary N) is 1. The molecule has 0 aromatic carbocycles. The van der Waals surface area contributed by atoms with Gasteiger partial charge in [-0.15, -0.1) is 6.42 Å². The topological polar surface area (TPSA) is 75.3 Å². The lowest BCUT2D eigenvalue weighted by Gasteiger charge is -2.25. The zero-order valence-corrected chi connectivity index (χ0v) is 7.29. The van der Waals surface area contributed by atoms with Crippen LogP contribution in [-0.2, 0) is 0 Å². The van der Waals surface area contributed by atoms with Gasteiger partial charge in [0, 0.05) is 5.54 Å². The first kappa shape index (κ1) is 10.8. The van der Waals surface area contributed by atoms with Gasteiger partial charge < -0.3 is 16.2 Å². The number of carboxylic acid groups (broad SMARTS) is 1. The second kappa shape index (κ2) is 3.98. The van der Waals surface area contributed by atoms with Gasteiger partial charge in [-0.3, -0.25) is 0 Å². The summed E-state index contributed by atoms with van der Waals surface area (Å²) < 4.78 is 0. The maximum Gasteiger partial charge on any atom is 0.405 e. The summed E-state index contributed by atoms with van der Waals surface area (Å²) in [6, 6.07) is -0.410. The van der Waals surface area contributed by atoms with Gasteiger partial charge in [-0.05, 0) is 20.3 Å². The Labute approximate surface area is 72.1 Å². The minimum atomic E-state index is -1.07. The molecule has 0 heterocycles. The van der Waals surface area contributed by atoms with Crippen LogP contribution < -0.4 is 11.1 Å². The second-order valence-electron chi connectivity index (χ2n) is 3.29. The largest absolute Gasteiger partial charge is 0.465 e. The van der Waals surface area contributed by atoms with E-state index in [1.54, 1.807) is 13.8 Å². The molecule has 0 rings (SSSR count). The molecule has 0 bridgehead atoms. The van der Waals surface area contributed by atoms with Crippen molar-refractivity contribution >= 4 is 6.09 Å². The molecule has 0 aromatic rings. The zero-order chi connectivity index (χ0) is 9.78.